The van der Waals surface area contributed by atoms with E-state index in [9.17, 15) is 4.79 Å². The van der Waals surface area contributed by atoms with E-state index in [1.807, 2.05) is 13.0 Å². The van der Waals surface area contributed by atoms with Crippen LogP contribution in [0.4, 0.5) is 5.82 Å². The molecule has 7 nitrogen and oxygen atoms in total. The molecule has 1 atom stereocenters. The smallest absolute Gasteiger partial charge is 0.223 e. The van der Waals surface area contributed by atoms with Gasteiger partial charge in [0.25, 0.3) is 0 Å². The van der Waals surface area contributed by atoms with E-state index in [0.29, 0.717) is 12.6 Å². The second-order valence-corrected chi connectivity index (χ2v) is 6.40. The molecule has 0 saturated carbocycles. The Morgan fingerprint density at radius 1 is 1.26 bits per heavy atom. The van der Waals surface area contributed by atoms with Crippen molar-refractivity contribution in [2.45, 2.75) is 25.8 Å². The van der Waals surface area contributed by atoms with Gasteiger partial charge in [0, 0.05) is 57.2 Å². The lowest BCUT2D eigenvalue weighted by molar-refractivity contribution is -0.122. The van der Waals surface area contributed by atoms with Crippen LogP contribution in [-0.4, -0.2) is 66.2 Å². The highest BCUT2D eigenvalue weighted by Gasteiger charge is 2.31. The zero-order valence-corrected chi connectivity index (χ0v) is 13.6. The fourth-order valence-corrected chi connectivity index (χ4v) is 3.42. The topological polar surface area (TPSA) is 84.6 Å². The van der Waals surface area contributed by atoms with Crippen molar-refractivity contribution in [2.24, 2.45) is 11.7 Å². The SMILES string of the molecule is Cc1cc(N2CCN(C3CCOCC3)CC(C(N)=O)C2)ncn1. The molecule has 2 aliphatic heterocycles. The number of anilines is 1. The molecule has 0 aliphatic carbocycles. The van der Waals surface area contributed by atoms with Gasteiger partial charge in [-0.3, -0.25) is 9.69 Å². The van der Waals surface area contributed by atoms with Gasteiger partial charge in [0.2, 0.25) is 5.91 Å². The van der Waals surface area contributed by atoms with E-state index in [4.69, 9.17) is 10.5 Å². The normalized spacial score (nSPS) is 24.4. The number of amides is 1. The van der Waals surface area contributed by atoms with Crippen molar-refractivity contribution < 1.29 is 9.53 Å². The molecule has 1 aromatic rings. The molecule has 0 bridgehead atoms. The molecule has 0 aromatic carbocycles. The summed E-state index contributed by atoms with van der Waals surface area (Å²) in [6.45, 7) is 6.65. The van der Waals surface area contributed by atoms with E-state index in [-0.39, 0.29) is 11.8 Å². The molecule has 1 aromatic heterocycles. The number of carbonyl (C=O) groups excluding carboxylic acids is 1. The molecule has 2 saturated heterocycles. The lowest BCUT2D eigenvalue weighted by Crippen LogP contribution is -2.44. The van der Waals surface area contributed by atoms with E-state index < -0.39 is 0 Å². The lowest BCUT2D eigenvalue weighted by atomic mass is 10.0. The van der Waals surface area contributed by atoms with Crippen molar-refractivity contribution in [1.82, 2.24) is 14.9 Å². The first kappa shape index (κ1) is 16.1. The number of hydrogen-bond acceptors (Lipinski definition) is 6. The van der Waals surface area contributed by atoms with Crippen molar-refractivity contribution >= 4 is 11.7 Å². The Labute approximate surface area is 136 Å². The van der Waals surface area contributed by atoms with Crippen molar-refractivity contribution in [1.29, 1.82) is 0 Å². The first-order valence-electron chi connectivity index (χ1n) is 8.28. The number of hydrogen-bond donors (Lipinski definition) is 1. The second kappa shape index (κ2) is 7.23. The molecule has 1 amide bonds. The maximum atomic E-state index is 11.9. The number of primary amides is 1. The van der Waals surface area contributed by atoms with Crippen molar-refractivity contribution in [3.8, 4) is 0 Å². The summed E-state index contributed by atoms with van der Waals surface area (Å²) < 4.78 is 5.45. The molecule has 2 N–H and O–H groups in total. The fourth-order valence-electron chi connectivity index (χ4n) is 3.42. The van der Waals surface area contributed by atoms with Crippen LogP contribution in [0.1, 0.15) is 18.5 Å². The van der Waals surface area contributed by atoms with Crippen LogP contribution in [0.2, 0.25) is 0 Å². The van der Waals surface area contributed by atoms with E-state index in [2.05, 4.69) is 19.8 Å². The number of ether oxygens (including phenoxy) is 1. The van der Waals surface area contributed by atoms with Gasteiger partial charge in [-0.1, -0.05) is 0 Å². The van der Waals surface area contributed by atoms with Gasteiger partial charge in [-0.2, -0.15) is 0 Å². The van der Waals surface area contributed by atoms with Gasteiger partial charge < -0.3 is 15.4 Å². The minimum atomic E-state index is -0.236. The Morgan fingerprint density at radius 2 is 2.04 bits per heavy atom. The van der Waals surface area contributed by atoms with Gasteiger partial charge in [-0.15, -0.1) is 0 Å². The quantitative estimate of drug-likeness (QED) is 0.856. The summed E-state index contributed by atoms with van der Waals surface area (Å²) in [7, 11) is 0. The molecular formula is C16H25N5O2. The second-order valence-electron chi connectivity index (χ2n) is 6.40. The van der Waals surface area contributed by atoms with Crippen LogP contribution in [0.25, 0.3) is 0 Å². The Balaban J connectivity index is 1.76. The molecule has 0 radical (unpaired) electrons. The van der Waals surface area contributed by atoms with Crippen LogP contribution >= 0.6 is 0 Å². The molecule has 23 heavy (non-hydrogen) atoms. The number of nitrogens with zero attached hydrogens (tertiary/aromatic N) is 4. The lowest BCUT2D eigenvalue weighted by Gasteiger charge is -2.34. The fraction of sp³-hybridized carbons (Fsp3) is 0.688. The van der Waals surface area contributed by atoms with Crippen LogP contribution in [0.5, 0.6) is 0 Å². The summed E-state index contributed by atoms with van der Waals surface area (Å²) in [5.74, 6) is 0.452. The number of aryl methyl sites for hydroxylation is 1. The number of nitrogens with two attached hydrogens (primary N) is 1. The minimum absolute atomic E-state index is 0.185. The molecule has 2 aliphatic rings. The van der Waals surface area contributed by atoms with Gasteiger partial charge in [-0.25, -0.2) is 9.97 Å². The molecule has 126 valence electrons. The summed E-state index contributed by atoms with van der Waals surface area (Å²) in [5.41, 5.74) is 6.58. The van der Waals surface area contributed by atoms with Crippen LogP contribution in [0, 0.1) is 12.8 Å². The van der Waals surface area contributed by atoms with Crippen LogP contribution in [-0.2, 0) is 9.53 Å². The highest BCUT2D eigenvalue weighted by molar-refractivity contribution is 5.77. The van der Waals surface area contributed by atoms with E-state index in [0.717, 1.165) is 57.2 Å². The van der Waals surface area contributed by atoms with Gasteiger partial charge in [-0.05, 0) is 19.8 Å². The molecule has 7 heteroatoms. The molecule has 2 fully saturated rings. The van der Waals surface area contributed by atoms with Crippen LogP contribution < -0.4 is 10.6 Å². The summed E-state index contributed by atoms with van der Waals surface area (Å²) in [6.07, 6.45) is 3.63. The van der Waals surface area contributed by atoms with Crippen molar-refractivity contribution in [2.75, 3.05) is 44.3 Å². The third-order valence-corrected chi connectivity index (χ3v) is 4.78. The predicted octanol–water partition coefficient (Wildman–Crippen LogP) is 0.188. The Hall–Kier alpha value is -1.73. The minimum Gasteiger partial charge on any atom is -0.381 e. The molecule has 3 heterocycles. The first-order valence-corrected chi connectivity index (χ1v) is 8.28. The van der Waals surface area contributed by atoms with Crippen molar-refractivity contribution in [3.05, 3.63) is 18.1 Å². The average Bonchev–Trinajstić information content (AvgIpc) is 2.79. The van der Waals surface area contributed by atoms with Gasteiger partial charge in [0.05, 0.1) is 5.92 Å². The van der Waals surface area contributed by atoms with Gasteiger partial charge in [0.1, 0.15) is 12.1 Å². The van der Waals surface area contributed by atoms with Gasteiger partial charge >= 0.3 is 0 Å². The Morgan fingerprint density at radius 3 is 2.74 bits per heavy atom. The summed E-state index contributed by atoms with van der Waals surface area (Å²) >= 11 is 0. The van der Waals surface area contributed by atoms with E-state index in [1.165, 1.54) is 0 Å². The Bertz CT molecular complexity index is 547. The third-order valence-electron chi connectivity index (χ3n) is 4.78. The highest BCUT2D eigenvalue weighted by Crippen LogP contribution is 2.21. The third kappa shape index (κ3) is 3.97. The monoisotopic (exact) mass is 319 g/mol. The summed E-state index contributed by atoms with van der Waals surface area (Å²) in [4.78, 5) is 25.0. The summed E-state index contributed by atoms with van der Waals surface area (Å²) in [5, 5.41) is 0. The molecule has 3 rings (SSSR count). The average molecular weight is 319 g/mol. The first-order chi connectivity index (χ1) is 11.1. The van der Waals surface area contributed by atoms with Crippen LogP contribution in [0.3, 0.4) is 0 Å². The number of carbonyl (C=O) groups is 1. The van der Waals surface area contributed by atoms with Crippen molar-refractivity contribution in [3.63, 3.8) is 0 Å². The zero-order chi connectivity index (χ0) is 16.2. The van der Waals surface area contributed by atoms with E-state index in [1.54, 1.807) is 6.33 Å². The molecular weight excluding hydrogens is 294 g/mol. The predicted molar refractivity (Wildman–Crippen MR) is 87.1 cm³/mol. The standard InChI is InChI=1S/C16H25N5O2/c1-12-8-15(19-11-18-12)21-5-4-20(9-13(10-21)16(17)22)14-2-6-23-7-3-14/h8,11,13-14H,2-7,9-10H2,1H3,(H2,17,22). The largest absolute Gasteiger partial charge is 0.381 e. The Kier molecular flexibility index (Phi) is 5.07. The van der Waals surface area contributed by atoms with Crippen LogP contribution in [0.15, 0.2) is 12.4 Å². The summed E-state index contributed by atoms with van der Waals surface area (Å²) in [6, 6.07) is 2.44. The van der Waals surface area contributed by atoms with E-state index >= 15 is 0 Å². The molecule has 1 unspecified atom stereocenters. The van der Waals surface area contributed by atoms with Gasteiger partial charge in [0.15, 0.2) is 0 Å². The zero-order valence-electron chi connectivity index (χ0n) is 13.6. The maximum absolute atomic E-state index is 11.9. The highest BCUT2D eigenvalue weighted by atomic mass is 16.5. The molecule has 0 spiro atoms. The maximum Gasteiger partial charge on any atom is 0.223 e. The number of rotatable bonds is 3. The number of aromatic nitrogens is 2.